The average molecular weight is 276 g/mol. The van der Waals surface area contributed by atoms with Crippen LogP contribution in [0.5, 0.6) is 0 Å². The number of sulfonamides is 1. The molecule has 1 aromatic heterocycles. The molecule has 1 rings (SSSR count). The number of hydrogen-bond acceptors (Lipinski definition) is 5. The number of nitrogens with zero attached hydrogens (tertiary/aromatic N) is 2. The molecule has 1 aromatic rings. The smallest absolute Gasteiger partial charge is 0.246 e. The maximum atomic E-state index is 12.2. The second-order valence-corrected chi connectivity index (χ2v) is 6.18. The lowest BCUT2D eigenvalue weighted by Crippen LogP contribution is -2.35. The monoisotopic (exact) mass is 276 g/mol. The van der Waals surface area contributed by atoms with Crippen molar-refractivity contribution >= 4 is 15.8 Å². The second-order valence-electron chi connectivity index (χ2n) is 4.53. The van der Waals surface area contributed by atoms with E-state index in [0.717, 1.165) is 0 Å². The number of aliphatic hydroxyl groups is 1. The van der Waals surface area contributed by atoms with E-state index in [9.17, 15) is 13.5 Å². The molecule has 0 radical (unpaired) electrons. The van der Waals surface area contributed by atoms with Crippen molar-refractivity contribution in [2.24, 2.45) is 7.05 Å². The van der Waals surface area contributed by atoms with Gasteiger partial charge in [0.05, 0.1) is 11.8 Å². The molecule has 0 amide bonds. The number of hydrogen-bond donors (Lipinski definition) is 3. The van der Waals surface area contributed by atoms with Gasteiger partial charge in [0.2, 0.25) is 10.0 Å². The molecule has 0 aliphatic heterocycles. The molecule has 1 heterocycles. The number of nitrogens with one attached hydrogen (secondary N) is 1. The molecule has 7 nitrogen and oxygen atoms in total. The molecule has 0 aromatic carbocycles. The Morgan fingerprint density at radius 2 is 2.06 bits per heavy atom. The molecule has 0 saturated heterocycles. The highest BCUT2D eigenvalue weighted by Gasteiger charge is 2.26. The van der Waals surface area contributed by atoms with Crippen LogP contribution in [0.3, 0.4) is 0 Å². The van der Waals surface area contributed by atoms with Crippen LogP contribution in [0, 0.1) is 6.92 Å². The summed E-state index contributed by atoms with van der Waals surface area (Å²) in [6.45, 7) is 4.93. The normalized spacial score (nSPS) is 15.6. The molecule has 0 aliphatic carbocycles. The van der Waals surface area contributed by atoms with Gasteiger partial charge < -0.3 is 10.8 Å². The number of aromatic nitrogens is 2. The maximum Gasteiger partial charge on any atom is 0.246 e. The van der Waals surface area contributed by atoms with Gasteiger partial charge in [0.1, 0.15) is 4.90 Å². The van der Waals surface area contributed by atoms with Gasteiger partial charge in [0.15, 0.2) is 5.82 Å². The number of aryl methyl sites for hydroxylation is 1. The molecule has 0 fully saturated rings. The summed E-state index contributed by atoms with van der Waals surface area (Å²) in [5.74, 6) is -0.0215. The largest absolute Gasteiger partial charge is 0.393 e. The van der Waals surface area contributed by atoms with Gasteiger partial charge in [-0.15, -0.1) is 0 Å². The van der Waals surface area contributed by atoms with Crippen LogP contribution >= 0.6 is 0 Å². The average Bonchev–Trinajstić information content (AvgIpc) is 2.37. The second kappa shape index (κ2) is 5.25. The Morgan fingerprint density at radius 3 is 2.44 bits per heavy atom. The van der Waals surface area contributed by atoms with Gasteiger partial charge in [-0.2, -0.15) is 5.10 Å². The van der Waals surface area contributed by atoms with E-state index in [4.69, 9.17) is 5.73 Å². The Kier molecular flexibility index (Phi) is 4.36. The molecular formula is C10H20N4O3S. The summed E-state index contributed by atoms with van der Waals surface area (Å²) in [4.78, 5) is 0.00226. The van der Waals surface area contributed by atoms with Gasteiger partial charge in [-0.3, -0.25) is 4.68 Å². The molecule has 8 heteroatoms. The Labute approximate surface area is 107 Å². The molecule has 0 aliphatic rings. The van der Waals surface area contributed by atoms with Gasteiger partial charge in [0.25, 0.3) is 0 Å². The van der Waals surface area contributed by atoms with E-state index in [1.165, 1.54) is 4.68 Å². The molecule has 0 saturated carbocycles. The van der Waals surface area contributed by atoms with E-state index in [-0.39, 0.29) is 16.8 Å². The van der Waals surface area contributed by atoms with Crippen LogP contribution in [0.15, 0.2) is 4.90 Å². The van der Waals surface area contributed by atoms with Crippen molar-refractivity contribution < 1.29 is 13.5 Å². The molecule has 4 N–H and O–H groups in total. The predicted octanol–water partition coefficient (Wildman–Crippen LogP) is -0.252. The topological polar surface area (TPSA) is 110 Å². The fourth-order valence-electron chi connectivity index (χ4n) is 1.83. The van der Waals surface area contributed by atoms with Crippen LogP contribution in [0.25, 0.3) is 0 Å². The van der Waals surface area contributed by atoms with Crippen LogP contribution in [0.2, 0.25) is 0 Å². The Morgan fingerprint density at radius 1 is 1.50 bits per heavy atom. The first kappa shape index (κ1) is 14.9. The Bertz CT molecular complexity index is 521. The zero-order valence-electron chi connectivity index (χ0n) is 11.0. The predicted molar refractivity (Wildman–Crippen MR) is 68.4 cm³/mol. The number of anilines is 1. The first-order valence-electron chi connectivity index (χ1n) is 5.64. The zero-order chi connectivity index (χ0) is 14.1. The van der Waals surface area contributed by atoms with Gasteiger partial charge >= 0.3 is 0 Å². The minimum Gasteiger partial charge on any atom is -0.393 e. The molecule has 0 bridgehead atoms. The van der Waals surface area contributed by atoms with E-state index in [1.807, 2.05) is 0 Å². The molecule has 104 valence electrons. The quantitative estimate of drug-likeness (QED) is 0.687. The van der Waals surface area contributed by atoms with Gasteiger partial charge in [0, 0.05) is 13.1 Å². The molecule has 2 unspecified atom stereocenters. The van der Waals surface area contributed by atoms with Crippen molar-refractivity contribution in [1.29, 1.82) is 0 Å². The molecular weight excluding hydrogens is 256 g/mol. The summed E-state index contributed by atoms with van der Waals surface area (Å²) < 4.78 is 28.2. The number of nitrogens with two attached hydrogens (primary N) is 1. The highest BCUT2D eigenvalue weighted by Crippen LogP contribution is 2.21. The van der Waals surface area contributed by atoms with Crippen molar-refractivity contribution in [3.63, 3.8) is 0 Å². The van der Waals surface area contributed by atoms with Gasteiger partial charge in [-0.1, -0.05) is 0 Å². The summed E-state index contributed by atoms with van der Waals surface area (Å²) in [5, 5.41) is 13.1. The van der Waals surface area contributed by atoms with Crippen molar-refractivity contribution in [3.8, 4) is 0 Å². The third kappa shape index (κ3) is 3.21. The SMILES string of the molecule is Cc1c(S(=O)(=O)NC(C)CC(C)O)c(N)nn1C. The summed E-state index contributed by atoms with van der Waals surface area (Å²) in [7, 11) is -2.09. The fraction of sp³-hybridized carbons (Fsp3) is 0.700. The van der Waals surface area contributed by atoms with Crippen LogP contribution in [0.4, 0.5) is 5.82 Å². The highest BCUT2D eigenvalue weighted by molar-refractivity contribution is 7.89. The summed E-state index contributed by atoms with van der Waals surface area (Å²) in [6, 6.07) is -0.381. The number of rotatable bonds is 5. The first-order valence-corrected chi connectivity index (χ1v) is 7.13. The Hall–Kier alpha value is -1.12. The maximum absolute atomic E-state index is 12.2. The van der Waals surface area contributed by atoms with Crippen LogP contribution in [-0.4, -0.2) is 35.5 Å². The summed E-state index contributed by atoms with van der Waals surface area (Å²) in [5.41, 5.74) is 6.08. The van der Waals surface area contributed by atoms with E-state index in [0.29, 0.717) is 12.1 Å². The number of aliphatic hydroxyl groups excluding tert-OH is 1. The van der Waals surface area contributed by atoms with Crippen LogP contribution in [0.1, 0.15) is 26.0 Å². The third-order valence-corrected chi connectivity index (χ3v) is 4.38. The van der Waals surface area contributed by atoms with E-state index >= 15 is 0 Å². The summed E-state index contributed by atoms with van der Waals surface area (Å²) >= 11 is 0. The minimum atomic E-state index is -3.72. The summed E-state index contributed by atoms with van der Waals surface area (Å²) in [6.07, 6.45) is -0.242. The van der Waals surface area contributed by atoms with Gasteiger partial charge in [-0.05, 0) is 27.2 Å². The standard InChI is InChI=1S/C10H20N4O3S/c1-6(5-7(2)15)13-18(16,17)9-8(3)14(4)12-10(9)11/h6-7,13,15H,5H2,1-4H3,(H2,11,12). The van der Waals surface area contributed by atoms with Crippen molar-refractivity contribution in [2.75, 3.05) is 5.73 Å². The van der Waals surface area contributed by atoms with E-state index in [2.05, 4.69) is 9.82 Å². The lowest BCUT2D eigenvalue weighted by atomic mass is 10.2. The third-order valence-electron chi connectivity index (χ3n) is 2.62. The van der Waals surface area contributed by atoms with Crippen LogP contribution < -0.4 is 10.5 Å². The van der Waals surface area contributed by atoms with E-state index in [1.54, 1.807) is 27.8 Å². The van der Waals surface area contributed by atoms with Gasteiger partial charge in [-0.25, -0.2) is 13.1 Å². The van der Waals surface area contributed by atoms with Crippen molar-refractivity contribution in [2.45, 2.75) is 44.2 Å². The highest BCUT2D eigenvalue weighted by atomic mass is 32.2. The lowest BCUT2D eigenvalue weighted by Gasteiger charge is -2.15. The minimum absolute atomic E-state index is 0.00226. The number of nitrogen functional groups attached to an aromatic ring is 1. The van der Waals surface area contributed by atoms with Crippen LogP contribution in [-0.2, 0) is 17.1 Å². The first-order chi connectivity index (χ1) is 8.15. The fourth-order valence-corrected chi connectivity index (χ4v) is 3.41. The molecule has 18 heavy (non-hydrogen) atoms. The molecule has 2 atom stereocenters. The van der Waals surface area contributed by atoms with Crippen molar-refractivity contribution in [1.82, 2.24) is 14.5 Å². The zero-order valence-corrected chi connectivity index (χ0v) is 11.8. The Balaban J connectivity index is 3.00. The molecule has 0 spiro atoms. The van der Waals surface area contributed by atoms with Crippen molar-refractivity contribution in [3.05, 3.63) is 5.69 Å². The van der Waals surface area contributed by atoms with E-state index < -0.39 is 16.1 Å². The lowest BCUT2D eigenvalue weighted by molar-refractivity contribution is 0.175.